The van der Waals surface area contributed by atoms with Crippen molar-refractivity contribution in [2.24, 2.45) is 0 Å². The average Bonchev–Trinajstić information content (AvgIpc) is 2.66. The Labute approximate surface area is 174 Å². The number of thioether (sulfide) groups is 1. The number of nitrogens with one attached hydrogen (secondary N) is 1. The van der Waals surface area contributed by atoms with Crippen molar-refractivity contribution in [1.82, 2.24) is 10.1 Å². The number of hydrogen-bond donors (Lipinski definition) is 1. The van der Waals surface area contributed by atoms with Gasteiger partial charge in [0.05, 0.1) is 11.3 Å². The monoisotopic (exact) mass is 457 g/mol. The molecule has 1 amide bonds. The molecular formula is C20H18BrN4O2S+. The zero-order valence-corrected chi connectivity index (χ0v) is 17.8. The largest absolute Gasteiger partial charge is 0.325 e. The number of amides is 1. The molecule has 28 heavy (non-hydrogen) atoms. The molecule has 142 valence electrons. The predicted molar refractivity (Wildman–Crippen MR) is 112 cm³/mol. The number of hydrogen-bond acceptors (Lipinski definition) is 4. The number of fused-ring (bicyclic) bond motifs is 3. The van der Waals surface area contributed by atoms with Crippen LogP contribution in [0.4, 0.5) is 5.69 Å². The summed E-state index contributed by atoms with van der Waals surface area (Å²) in [5.74, 6) is 0.652. The molecule has 0 radical (unpaired) electrons. The van der Waals surface area contributed by atoms with E-state index in [-0.39, 0.29) is 11.5 Å². The molecule has 0 bridgehead atoms. The van der Waals surface area contributed by atoms with Crippen LogP contribution in [0.1, 0.15) is 25.6 Å². The summed E-state index contributed by atoms with van der Waals surface area (Å²) in [7, 11) is 0. The van der Waals surface area contributed by atoms with Crippen molar-refractivity contribution in [3.63, 3.8) is 0 Å². The highest BCUT2D eigenvalue weighted by Crippen LogP contribution is 2.37. The van der Waals surface area contributed by atoms with E-state index in [1.807, 2.05) is 55.5 Å². The van der Waals surface area contributed by atoms with Crippen LogP contribution in [-0.2, 0) is 4.79 Å². The van der Waals surface area contributed by atoms with Gasteiger partial charge < -0.3 is 0 Å². The first-order valence-corrected chi connectivity index (χ1v) is 10.6. The van der Waals surface area contributed by atoms with Crippen molar-refractivity contribution in [2.75, 3.05) is 10.7 Å². The van der Waals surface area contributed by atoms with Crippen LogP contribution in [0.3, 0.4) is 0 Å². The summed E-state index contributed by atoms with van der Waals surface area (Å²) in [6, 6.07) is 15.1. The fraction of sp³-hybridized carbons (Fsp3) is 0.200. The number of aromatic nitrogens is 3. The van der Waals surface area contributed by atoms with Crippen LogP contribution in [-0.4, -0.2) is 21.7 Å². The van der Waals surface area contributed by atoms with Crippen molar-refractivity contribution in [1.29, 1.82) is 0 Å². The number of carbonyl (C=O) groups excluding carboxylic acids is 1. The molecule has 0 aliphatic carbocycles. The van der Waals surface area contributed by atoms with E-state index in [1.54, 1.807) is 9.58 Å². The number of aromatic amines is 1. The van der Waals surface area contributed by atoms with Gasteiger partial charge in [-0.2, -0.15) is 0 Å². The van der Waals surface area contributed by atoms with Gasteiger partial charge in [-0.05, 0) is 34.7 Å². The Hall–Kier alpha value is -2.45. The van der Waals surface area contributed by atoms with Crippen LogP contribution in [0.2, 0.25) is 0 Å². The molecule has 0 fully saturated rings. The van der Waals surface area contributed by atoms with E-state index in [4.69, 9.17) is 5.10 Å². The number of rotatable bonds is 3. The van der Waals surface area contributed by atoms with E-state index in [0.717, 1.165) is 15.8 Å². The molecule has 1 aliphatic rings. The molecule has 0 spiro atoms. The molecular weight excluding hydrogens is 440 g/mol. The zero-order chi connectivity index (χ0) is 19.8. The Morgan fingerprint density at radius 3 is 2.79 bits per heavy atom. The molecule has 2 aromatic carbocycles. The van der Waals surface area contributed by atoms with Gasteiger partial charge in [-0.3, -0.25) is 14.6 Å². The standard InChI is InChI=1S/C20H17BrN4O2S/c1-3-28-20-22-18(27)17-15-9-4-5-10-16(15)24(12(2)26)19(25(17)23-20)13-7-6-8-14(21)11-13/h4-11,19H,3H2,1-2H3/p+1. The minimum Gasteiger partial charge on any atom is -0.291 e. The molecule has 6 nitrogen and oxygen atoms in total. The van der Waals surface area contributed by atoms with E-state index in [1.165, 1.54) is 18.7 Å². The molecule has 0 saturated carbocycles. The predicted octanol–water partition coefficient (Wildman–Crippen LogP) is 3.51. The summed E-state index contributed by atoms with van der Waals surface area (Å²) in [6.07, 6.45) is -0.557. The summed E-state index contributed by atoms with van der Waals surface area (Å²) in [5, 5.41) is 5.22. The van der Waals surface area contributed by atoms with E-state index < -0.39 is 6.17 Å². The number of para-hydroxylation sites is 1. The van der Waals surface area contributed by atoms with Crippen LogP contribution in [0.15, 0.2) is 63.0 Å². The normalized spacial score (nSPS) is 15.1. The second-order valence-electron chi connectivity index (χ2n) is 6.32. The molecule has 1 aliphatic heterocycles. The van der Waals surface area contributed by atoms with Gasteiger partial charge >= 0.3 is 11.3 Å². The number of anilines is 1. The topological polar surface area (TPSA) is 69.9 Å². The summed E-state index contributed by atoms with van der Waals surface area (Å²) >= 11 is 4.96. The molecule has 0 saturated heterocycles. The van der Waals surface area contributed by atoms with Crippen molar-refractivity contribution in [3.05, 3.63) is 68.9 Å². The SMILES string of the molecule is CCSc1n[n+]2c(c(=O)[nH]1)-c1ccccc1N(C(C)=O)C2c1cccc(Br)c1. The quantitative estimate of drug-likeness (QED) is 0.482. The number of benzene rings is 2. The van der Waals surface area contributed by atoms with Crippen molar-refractivity contribution < 1.29 is 9.48 Å². The van der Waals surface area contributed by atoms with Crippen LogP contribution < -0.4 is 15.1 Å². The molecule has 1 N–H and O–H groups in total. The third-order valence-corrected chi connectivity index (χ3v) is 5.76. The fourth-order valence-electron chi connectivity index (χ4n) is 3.48. The lowest BCUT2D eigenvalue weighted by Crippen LogP contribution is -2.60. The fourth-order valence-corrected chi connectivity index (χ4v) is 4.48. The van der Waals surface area contributed by atoms with Crippen molar-refractivity contribution in [2.45, 2.75) is 25.2 Å². The summed E-state index contributed by atoms with van der Waals surface area (Å²) in [6.45, 7) is 3.53. The van der Waals surface area contributed by atoms with E-state index in [0.29, 0.717) is 22.1 Å². The Kier molecular flexibility index (Phi) is 5.07. The molecule has 1 unspecified atom stereocenters. The van der Waals surface area contributed by atoms with Crippen LogP contribution in [0.5, 0.6) is 0 Å². The first kappa shape index (κ1) is 18.9. The number of nitrogens with zero attached hydrogens (tertiary/aromatic N) is 3. The number of halogens is 1. The second-order valence-corrected chi connectivity index (χ2v) is 8.49. The third-order valence-electron chi connectivity index (χ3n) is 4.53. The van der Waals surface area contributed by atoms with Crippen LogP contribution in [0.25, 0.3) is 11.3 Å². The van der Waals surface area contributed by atoms with Gasteiger partial charge in [0.1, 0.15) is 0 Å². The number of H-pyrrole nitrogens is 1. The van der Waals surface area contributed by atoms with Crippen LogP contribution >= 0.6 is 27.7 Å². The van der Waals surface area contributed by atoms with Crippen molar-refractivity contribution in [3.8, 4) is 11.3 Å². The Balaban J connectivity index is 2.07. The molecule has 4 rings (SSSR count). The van der Waals surface area contributed by atoms with E-state index in [2.05, 4.69) is 20.9 Å². The lowest BCUT2D eigenvalue weighted by molar-refractivity contribution is -0.763. The van der Waals surface area contributed by atoms with Crippen molar-refractivity contribution >= 4 is 39.3 Å². The molecule has 3 aromatic rings. The summed E-state index contributed by atoms with van der Waals surface area (Å²) < 4.78 is 2.56. The zero-order valence-electron chi connectivity index (χ0n) is 15.3. The summed E-state index contributed by atoms with van der Waals surface area (Å²) in [5.41, 5.74) is 2.46. The highest BCUT2D eigenvalue weighted by Gasteiger charge is 2.44. The van der Waals surface area contributed by atoms with Gasteiger partial charge in [0.15, 0.2) is 0 Å². The molecule has 8 heteroatoms. The molecule has 2 heterocycles. The Morgan fingerprint density at radius 1 is 1.29 bits per heavy atom. The minimum atomic E-state index is -0.557. The van der Waals surface area contributed by atoms with Gasteiger partial charge in [-0.25, -0.2) is 4.90 Å². The van der Waals surface area contributed by atoms with E-state index in [9.17, 15) is 9.59 Å². The first-order valence-electron chi connectivity index (χ1n) is 8.85. The highest BCUT2D eigenvalue weighted by atomic mass is 79.9. The van der Waals surface area contributed by atoms with Gasteiger partial charge in [-0.1, -0.05) is 58.9 Å². The number of carbonyl (C=O) groups is 1. The first-order chi connectivity index (χ1) is 13.5. The highest BCUT2D eigenvalue weighted by molar-refractivity contribution is 9.10. The second kappa shape index (κ2) is 7.52. The lowest BCUT2D eigenvalue weighted by Gasteiger charge is -2.31. The van der Waals surface area contributed by atoms with Gasteiger partial charge in [0, 0.05) is 22.1 Å². The van der Waals surface area contributed by atoms with Gasteiger partial charge in [0.25, 0.3) is 6.17 Å². The lowest BCUT2D eigenvalue weighted by atomic mass is 10.0. The maximum absolute atomic E-state index is 13.0. The maximum atomic E-state index is 13.0. The summed E-state index contributed by atoms with van der Waals surface area (Å²) in [4.78, 5) is 30.3. The minimum absolute atomic E-state index is 0.123. The molecule has 1 atom stereocenters. The Morgan fingerprint density at radius 2 is 2.07 bits per heavy atom. The molecule has 1 aromatic heterocycles. The third kappa shape index (κ3) is 3.16. The van der Waals surface area contributed by atoms with Crippen LogP contribution in [0, 0.1) is 0 Å². The average molecular weight is 458 g/mol. The van der Waals surface area contributed by atoms with E-state index >= 15 is 0 Å². The smallest absolute Gasteiger partial charge is 0.291 e. The van der Waals surface area contributed by atoms with Gasteiger partial charge in [0.2, 0.25) is 11.1 Å². The Bertz CT molecular complexity index is 1130. The van der Waals surface area contributed by atoms with Gasteiger partial charge in [-0.15, -0.1) is 0 Å². The maximum Gasteiger partial charge on any atom is 0.325 e.